The van der Waals surface area contributed by atoms with E-state index < -0.39 is 15.7 Å². The number of ether oxygens (including phenoxy) is 1. The van der Waals surface area contributed by atoms with Crippen molar-refractivity contribution in [1.82, 2.24) is 9.88 Å². The first kappa shape index (κ1) is 25.0. The lowest BCUT2D eigenvalue weighted by Gasteiger charge is -2.34. The van der Waals surface area contributed by atoms with Crippen LogP contribution in [0.4, 0.5) is 10.3 Å². The summed E-state index contributed by atoms with van der Waals surface area (Å²) in [5.74, 6) is 0.236. The van der Waals surface area contributed by atoms with Crippen LogP contribution in [0.25, 0.3) is 10.8 Å². The number of nitrogens with zero attached hydrogens (tertiary/aromatic N) is 3. The average Bonchev–Trinajstić information content (AvgIpc) is 3.59. The summed E-state index contributed by atoms with van der Waals surface area (Å²) in [7, 11) is -4.09. The Morgan fingerprint density at radius 2 is 1.84 bits per heavy atom. The quantitative estimate of drug-likeness (QED) is 0.320. The number of carbonyl (C=O) groups is 1. The Balaban J connectivity index is 1.34. The molecule has 1 saturated heterocycles. The van der Waals surface area contributed by atoms with Crippen LogP contribution in [0.2, 0.25) is 0 Å². The number of thiophene rings is 1. The molecule has 192 valence electrons. The number of benzene rings is 2. The zero-order chi connectivity index (χ0) is 26.0. The molecule has 5 rings (SSSR count). The summed E-state index contributed by atoms with van der Waals surface area (Å²) in [6.07, 6.45) is 0. The molecule has 0 N–H and O–H groups in total. The lowest BCUT2D eigenvalue weighted by molar-refractivity contribution is -0.133. The van der Waals surface area contributed by atoms with Crippen LogP contribution in [-0.2, 0) is 14.6 Å². The van der Waals surface area contributed by atoms with E-state index in [1.807, 2.05) is 36.6 Å². The van der Waals surface area contributed by atoms with Crippen molar-refractivity contribution in [2.24, 2.45) is 0 Å². The van der Waals surface area contributed by atoms with Crippen molar-refractivity contribution in [1.29, 1.82) is 0 Å². The minimum absolute atomic E-state index is 0.0803. The van der Waals surface area contributed by atoms with Crippen molar-refractivity contribution in [2.75, 3.05) is 37.7 Å². The van der Waals surface area contributed by atoms with Crippen molar-refractivity contribution >= 4 is 33.0 Å². The third-order valence-corrected chi connectivity index (χ3v) is 8.49. The molecule has 37 heavy (non-hydrogen) atoms. The van der Waals surface area contributed by atoms with E-state index in [-0.39, 0.29) is 34.2 Å². The summed E-state index contributed by atoms with van der Waals surface area (Å²) < 4.78 is 52.0. The van der Waals surface area contributed by atoms with E-state index in [0.717, 1.165) is 17.7 Å². The molecule has 0 bridgehead atoms. The standard InChI is InChI=1S/C26H24FN3O5S2/c1-18-4-2-5-20(16-18)34-17-23(31)29-11-13-30(14-12-29)26-25(28-24(35-26)22-6-3-15-36-22)37(32,33)21-9-7-19(27)8-10-21/h2-10,15-16H,11-14,17H2,1H3. The van der Waals surface area contributed by atoms with E-state index in [1.165, 1.54) is 23.5 Å². The average molecular weight is 542 g/mol. The Labute approximate surface area is 217 Å². The van der Waals surface area contributed by atoms with Gasteiger partial charge >= 0.3 is 0 Å². The molecule has 1 aliphatic heterocycles. The fourth-order valence-corrected chi connectivity index (χ4v) is 5.97. The van der Waals surface area contributed by atoms with Gasteiger partial charge in [0.1, 0.15) is 11.6 Å². The SMILES string of the molecule is Cc1cccc(OCC(=O)N2CCN(c3oc(-c4cccs4)nc3S(=O)(=O)c3ccc(F)cc3)CC2)c1. The number of hydrogen-bond acceptors (Lipinski definition) is 8. The first-order valence-electron chi connectivity index (χ1n) is 11.6. The summed E-state index contributed by atoms with van der Waals surface area (Å²) in [6, 6.07) is 15.7. The maximum Gasteiger partial charge on any atom is 0.260 e. The van der Waals surface area contributed by atoms with Gasteiger partial charge in [-0.15, -0.1) is 11.3 Å². The number of carbonyl (C=O) groups excluding carboxylic acids is 1. The number of aryl methyl sites for hydroxylation is 1. The second-order valence-corrected chi connectivity index (χ2v) is 11.3. The van der Waals surface area contributed by atoms with Gasteiger partial charge in [-0.3, -0.25) is 4.79 Å². The third kappa shape index (κ3) is 5.37. The highest BCUT2D eigenvalue weighted by atomic mass is 32.2. The normalized spacial score (nSPS) is 14.1. The van der Waals surface area contributed by atoms with Crippen LogP contribution in [0, 0.1) is 12.7 Å². The fraction of sp³-hybridized carbons (Fsp3) is 0.231. The molecule has 3 heterocycles. The lowest BCUT2D eigenvalue weighted by atomic mass is 10.2. The van der Waals surface area contributed by atoms with E-state index in [0.29, 0.717) is 36.8 Å². The second-order valence-electron chi connectivity index (χ2n) is 8.54. The van der Waals surface area contributed by atoms with Gasteiger partial charge in [0.05, 0.1) is 9.77 Å². The number of sulfone groups is 1. The van der Waals surface area contributed by atoms with Crippen molar-refractivity contribution in [2.45, 2.75) is 16.8 Å². The van der Waals surface area contributed by atoms with Crippen molar-refractivity contribution in [3.63, 3.8) is 0 Å². The minimum atomic E-state index is -4.09. The van der Waals surface area contributed by atoms with Crippen LogP contribution in [0.15, 0.2) is 80.4 Å². The molecule has 0 aliphatic carbocycles. The van der Waals surface area contributed by atoms with Crippen LogP contribution in [0.5, 0.6) is 5.75 Å². The summed E-state index contributed by atoms with van der Waals surface area (Å²) in [5.41, 5.74) is 1.04. The molecular weight excluding hydrogens is 517 g/mol. The highest BCUT2D eigenvalue weighted by Crippen LogP contribution is 2.36. The fourth-order valence-electron chi connectivity index (χ4n) is 4.00. The number of piperazine rings is 1. The highest BCUT2D eigenvalue weighted by molar-refractivity contribution is 7.91. The van der Waals surface area contributed by atoms with Gasteiger partial charge in [-0.1, -0.05) is 18.2 Å². The molecule has 4 aromatic rings. The summed E-state index contributed by atoms with van der Waals surface area (Å²) in [6.45, 7) is 3.29. The van der Waals surface area contributed by atoms with E-state index in [9.17, 15) is 17.6 Å². The van der Waals surface area contributed by atoms with Crippen molar-refractivity contribution in [3.8, 4) is 16.5 Å². The Morgan fingerprint density at radius 1 is 1.08 bits per heavy atom. The monoisotopic (exact) mass is 541 g/mol. The summed E-state index contributed by atoms with van der Waals surface area (Å²) in [4.78, 5) is 21.1. The molecule has 0 atom stereocenters. The minimum Gasteiger partial charge on any atom is -0.484 e. The van der Waals surface area contributed by atoms with Crippen molar-refractivity contribution < 1.29 is 26.8 Å². The van der Waals surface area contributed by atoms with Gasteiger partial charge in [-0.05, 0) is 60.3 Å². The van der Waals surface area contributed by atoms with E-state index in [4.69, 9.17) is 9.15 Å². The van der Waals surface area contributed by atoms with Crippen LogP contribution in [0.3, 0.4) is 0 Å². The maximum atomic E-state index is 13.5. The smallest absolute Gasteiger partial charge is 0.260 e. The number of anilines is 1. The molecule has 2 aromatic carbocycles. The van der Waals surface area contributed by atoms with Crippen molar-refractivity contribution in [3.05, 3.63) is 77.4 Å². The topological polar surface area (TPSA) is 92.9 Å². The number of hydrogen-bond donors (Lipinski definition) is 0. The second kappa shape index (κ2) is 10.3. The molecule has 2 aromatic heterocycles. The van der Waals surface area contributed by atoms with Gasteiger partial charge in [0.2, 0.25) is 26.6 Å². The molecule has 11 heteroatoms. The largest absolute Gasteiger partial charge is 0.484 e. The predicted molar refractivity (Wildman–Crippen MR) is 137 cm³/mol. The highest BCUT2D eigenvalue weighted by Gasteiger charge is 2.33. The molecule has 1 fully saturated rings. The number of amides is 1. The zero-order valence-corrected chi connectivity index (χ0v) is 21.6. The summed E-state index contributed by atoms with van der Waals surface area (Å²) in [5, 5.41) is 1.61. The Kier molecular flexibility index (Phi) is 6.98. The van der Waals surface area contributed by atoms with Crippen LogP contribution in [0.1, 0.15) is 5.56 Å². The number of rotatable bonds is 7. The lowest BCUT2D eigenvalue weighted by Crippen LogP contribution is -2.50. The molecule has 0 spiro atoms. The van der Waals surface area contributed by atoms with E-state index >= 15 is 0 Å². The Morgan fingerprint density at radius 3 is 2.51 bits per heavy atom. The molecule has 1 aliphatic rings. The van der Waals surface area contributed by atoms with Gasteiger partial charge in [0, 0.05) is 26.2 Å². The van der Waals surface area contributed by atoms with Crippen LogP contribution < -0.4 is 9.64 Å². The van der Waals surface area contributed by atoms with Crippen LogP contribution >= 0.6 is 11.3 Å². The molecule has 0 saturated carbocycles. The van der Waals surface area contributed by atoms with Crippen LogP contribution in [-0.4, -0.2) is 57.0 Å². The predicted octanol–water partition coefficient (Wildman–Crippen LogP) is 4.41. The van der Waals surface area contributed by atoms with E-state index in [1.54, 1.807) is 21.9 Å². The molecule has 8 nitrogen and oxygen atoms in total. The Hall–Kier alpha value is -3.70. The molecule has 1 amide bonds. The first-order valence-corrected chi connectivity index (χ1v) is 13.9. The maximum absolute atomic E-state index is 13.5. The Bertz CT molecular complexity index is 1490. The zero-order valence-electron chi connectivity index (χ0n) is 20.0. The van der Waals surface area contributed by atoms with Gasteiger partial charge < -0.3 is 19.0 Å². The molecule has 0 radical (unpaired) electrons. The van der Waals surface area contributed by atoms with E-state index in [2.05, 4.69) is 4.98 Å². The van der Waals surface area contributed by atoms with Gasteiger partial charge in [0.25, 0.3) is 5.91 Å². The number of halogens is 1. The summed E-state index contributed by atoms with van der Waals surface area (Å²) >= 11 is 1.38. The van der Waals surface area contributed by atoms with Gasteiger partial charge in [0.15, 0.2) is 6.61 Å². The molecule has 0 unspecified atom stereocenters. The van der Waals surface area contributed by atoms with Gasteiger partial charge in [-0.25, -0.2) is 12.8 Å². The third-order valence-electron chi connectivity index (χ3n) is 5.96. The number of aromatic nitrogens is 1. The number of oxazole rings is 1. The molecular formula is C26H24FN3O5S2. The first-order chi connectivity index (χ1) is 17.8. The van der Waals surface area contributed by atoms with Gasteiger partial charge in [-0.2, -0.15) is 4.98 Å².